The van der Waals surface area contributed by atoms with Gasteiger partial charge in [-0.3, -0.25) is 13.9 Å². The molecule has 0 saturated carbocycles. The summed E-state index contributed by atoms with van der Waals surface area (Å²) in [5.41, 5.74) is -1.20. The molecule has 13 heteroatoms. The van der Waals surface area contributed by atoms with E-state index in [0.29, 0.717) is 21.0 Å². The number of hydrogen-bond donors (Lipinski definition) is 1. The largest absolute Gasteiger partial charge is 0.417 e. The molecule has 1 unspecified atom stereocenters. The average molecular weight is 631 g/mol. The Bertz CT molecular complexity index is 1490. The fraction of sp³-hybridized carbons (Fsp3) is 0.286. The molecule has 0 aliphatic rings. The van der Waals surface area contributed by atoms with Gasteiger partial charge in [0.05, 0.1) is 21.2 Å². The van der Waals surface area contributed by atoms with Crippen molar-refractivity contribution in [2.75, 3.05) is 17.4 Å². The van der Waals surface area contributed by atoms with Gasteiger partial charge in [-0.05, 0) is 55.3 Å². The molecule has 3 aromatic carbocycles. The molecular formula is C28H28Cl2F3N3O4S. The van der Waals surface area contributed by atoms with Gasteiger partial charge in [-0.15, -0.1) is 0 Å². The van der Waals surface area contributed by atoms with Gasteiger partial charge in [0, 0.05) is 18.1 Å². The van der Waals surface area contributed by atoms with Crippen molar-refractivity contribution in [2.24, 2.45) is 0 Å². The molecule has 7 nitrogen and oxygen atoms in total. The van der Waals surface area contributed by atoms with Crippen molar-refractivity contribution < 1.29 is 31.2 Å². The summed E-state index contributed by atoms with van der Waals surface area (Å²) in [5.74, 6) is -1.30. The second kappa shape index (κ2) is 13.6. The molecule has 0 spiro atoms. The lowest BCUT2D eigenvalue weighted by molar-refractivity contribution is -0.140. The summed E-state index contributed by atoms with van der Waals surface area (Å²) in [6.45, 7) is 2.61. The Morgan fingerprint density at radius 1 is 0.927 bits per heavy atom. The predicted molar refractivity (Wildman–Crippen MR) is 152 cm³/mol. The minimum atomic E-state index is -4.89. The quantitative estimate of drug-likeness (QED) is 0.276. The number of nitrogens with one attached hydrogen (secondary N) is 1. The smallest absolute Gasteiger partial charge is 0.355 e. The zero-order valence-electron chi connectivity index (χ0n) is 22.2. The number of amides is 2. The summed E-state index contributed by atoms with van der Waals surface area (Å²) < 4.78 is 69.2. The number of anilines is 1. The third-order valence-corrected chi connectivity index (χ3v) is 8.68. The highest BCUT2D eigenvalue weighted by atomic mass is 35.5. The highest BCUT2D eigenvalue weighted by Crippen LogP contribution is 2.38. The summed E-state index contributed by atoms with van der Waals surface area (Å²) in [4.78, 5) is 27.8. The average Bonchev–Trinajstić information content (AvgIpc) is 2.93. The van der Waals surface area contributed by atoms with Crippen molar-refractivity contribution in [3.05, 3.63) is 94.0 Å². The van der Waals surface area contributed by atoms with Crippen LogP contribution in [0.1, 0.15) is 31.4 Å². The van der Waals surface area contributed by atoms with Crippen LogP contribution in [0.3, 0.4) is 0 Å². The maximum atomic E-state index is 13.9. The van der Waals surface area contributed by atoms with E-state index in [1.54, 1.807) is 44.2 Å². The molecule has 2 amide bonds. The van der Waals surface area contributed by atoms with E-state index in [9.17, 15) is 31.2 Å². The molecule has 0 radical (unpaired) electrons. The Morgan fingerprint density at radius 2 is 1.56 bits per heavy atom. The van der Waals surface area contributed by atoms with Crippen LogP contribution < -0.4 is 9.62 Å². The van der Waals surface area contributed by atoms with Crippen molar-refractivity contribution in [1.82, 2.24) is 10.2 Å². The summed E-state index contributed by atoms with van der Waals surface area (Å²) in [7, 11) is -4.55. The molecule has 0 bridgehead atoms. The molecule has 0 aromatic heterocycles. The van der Waals surface area contributed by atoms with Gasteiger partial charge in [0.15, 0.2) is 0 Å². The van der Waals surface area contributed by atoms with Crippen LogP contribution in [-0.4, -0.2) is 44.3 Å². The zero-order valence-corrected chi connectivity index (χ0v) is 24.5. The number of halogens is 5. The molecular weight excluding hydrogens is 602 g/mol. The van der Waals surface area contributed by atoms with Crippen molar-refractivity contribution in [2.45, 2.75) is 43.9 Å². The third-order valence-electron chi connectivity index (χ3n) is 6.19. The van der Waals surface area contributed by atoms with Crippen LogP contribution in [0.15, 0.2) is 77.7 Å². The molecule has 0 aliphatic heterocycles. The topological polar surface area (TPSA) is 86.8 Å². The van der Waals surface area contributed by atoms with E-state index in [2.05, 4.69) is 5.32 Å². The molecule has 1 atom stereocenters. The van der Waals surface area contributed by atoms with Crippen LogP contribution >= 0.6 is 23.2 Å². The van der Waals surface area contributed by atoms with Gasteiger partial charge in [0.1, 0.15) is 12.6 Å². The minimum absolute atomic E-state index is 0.151. The van der Waals surface area contributed by atoms with E-state index in [1.165, 1.54) is 29.2 Å². The molecule has 1 N–H and O–H groups in total. The number of hydrogen-bond acceptors (Lipinski definition) is 4. The Morgan fingerprint density at radius 3 is 2.15 bits per heavy atom. The van der Waals surface area contributed by atoms with Crippen LogP contribution in [-0.2, 0) is 32.3 Å². The van der Waals surface area contributed by atoms with Gasteiger partial charge in [0.2, 0.25) is 11.8 Å². The van der Waals surface area contributed by atoms with E-state index >= 15 is 0 Å². The van der Waals surface area contributed by atoms with E-state index in [1.807, 2.05) is 0 Å². The Balaban J connectivity index is 2.15. The van der Waals surface area contributed by atoms with E-state index in [0.717, 1.165) is 12.1 Å². The molecule has 0 heterocycles. The second-order valence-corrected chi connectivity index (χ2v) is 11.6. The molecule has 0 saturated heterocycles. The van der Waals surface area contributed by atoms with Crippen LogP contribution in [0.25, 0.3) is 0 Å². The summed E-state index contributed by atoms with van der Waals surface area (Å²) in [5, 5.41) is 2.35. The maximum Gasteiger partial charge on any atom is 0.417 e. The van der Waals surface area contributed by atoms with E-state index < -0.39 is 56.9 Å². The lowest BCUT2D eigenvalue weighted by atomic mass is 10.1. The van der Waals surface area contributed by atoms with Gasteiger partial charge in [-0.2, -0.15) is 13.2 Å². The minimum Gasteiger partial charge on any atom is -0.355 e. The molecule has 220 valence electrons. The summed E-state index contributed by atoms with van der Waals surface area (Å²) in [6.07, 6.45) is -4.71. The van der Waals surface area contributed by atoms with E-state index in [4.69, 9.17) is 23.2 Å². The lowest BCUT2D eigenvalue weighted by Crippen LogP contribution is -2.52. The first-order chi connectivity index (χ1) is 19.3. The molecule has 3 aromatic rings. The highest BCUT2D eigenvalue weighted by Gasteiger charge is 2.37. The number of nitrogens with zero attached hydrogens (tertiary/aromatic N) is 2. The standard InChI is InChI=1S/C28H28Cl2F3N3O4S/c1-3-25(27(38)34-4-2)35(17-19-10-8-9-13-23(19)29)26(37)18-36(41(39,40)21-11-6-5-7-12-21)20-14-15-24(30)22(16-20)28(31,32)33/h5-16,25H,3-4,17-18H2,1-2H3,(H,34,38). The van der Waals surface area contributed by atoms with Crippen molar-refractivity contribution >= 4 is 50.7 Å². The number of carbonyl (C=O) groups excluding carboxylic acids is 2. The molecule has 0 fully saturated rings. The monoisotopic (exact) mass is 629 g/mol. The van der Waals surface area contributed by atoms with Gasteiger partial charge in [-0.25, -0.2) is 8.42 Å². The van der Waals surface area contributed by atoms with Crippen LogP contribution in [0, 0.1) is 0 Å². The van der Waals surface area contributed by atoms with Gasteiger partial charge >= 0.3 is 6.18 Å². The number of benzene rings is 3. The Labute approximate surface area is 246 Å². The number of rotatable bonds is 11. The second-order valence-electron chi connectivity index (χ2n) is 8.92. The number of sulfonamides is 1. The van der Waals surface area contributed by atoms with Crippen LogP contribution in [0.5, 0.6) is 0 Å². The first kappa shape index (κ1) is 32.2. The number of carbonyl (C=O) groups is 2. The van der Waals surface area contributed by atoms with Crippen molar-refractivity contribution in [3.8, 4) is 0 Å². The molecule has 0 aliphatic carbocycles. The fourth-order valence-corrected chi connectivity index (χ4v) is 6.00. The SMILES string of the molecule is CCNC(=O)C(CC)N(Cc1ccccc1Cl)C(=O)CN(c1ccc(Cl)c(C(F)(F)F)c1)S(=O)(=O)c1ccccc1. The molecule has 41 heavy (non-hydrogen) atoms. The highest BCUT2D eigenvalue weighted by molar-refractivity contribution is 7.92. The zero-order chi connectivity index (χ0) is 30.4. The first-order valence-electron chi connectivity index (χ1n) is 12.6. The van der Waals surface area contributed by atoms with Gasteiger partial charge in [0.25, 0.3) is 10.0 Å². The summed E-state index contributed by atoms with van der Waals surface area (Å²) in [6, 6.07) is 15.2. The maximum absolute atomic E-state index is 13.9. The van der Waals surface area contributed by atoms with Gasteiger partial charge in [-0.1, -0.05) is 66.5 Å². The van der Waals surface area contributed by atoms with E-state index in [-0.39, 0.29) is 24.4 Å². The predicted octanol–water partition coefficient (Wildman–Crippen LogP) is 6.15. The van der Waals surface area contributed by atoms with Crippen LogP contribution in [0.4, 0.5) is 18.9 Å². The third kappa shape index (κ3) is 7.72. The summed E-state index contributed by atoms with van der Waals surface area (Å²) >= 11 is 12.1. The fourth-order valence-electron chi connectivity index (χ4n) is 4.16. The number of likely N-dealkylation sites (N-methyl/N-ethyl adjacent to an activating group) is 1. The normalized spacial score (nSPS) is 12.5. The Hall–Kier alpha value is -3.28. The Kier molecular flexibility index (Phi) is 10.7. The lowest BCUT2D eigenvalue weighted by Gasteiger charge is -2.33. The van der Waals surface area contributed by atoms with Gasteiger partial charge < -0.3 is 10.2 Å². The van der Waals surface area contributed by atoms with Crippen molar-refractivity contribution in [1.29, 1.82) is 0 Å². The van der Waals surface area contributed by atoms with Crippen LogP contribution in [0.2, 0.25) is 10.0 Å². The first-order valence-corrected chi connectivity index (χ1v) is 14.8. The molecule has 3 rings (SSSR count). The van der Waals surface area contributed by atoms with Crippen molar-refractivity contribution in [3.63, 3.8) is 0 Å². The number of alkyl halides is 3.